The van der Waals surface area contributed by atoms with Crippen LogP contribution in [0.3, 0.4) is 0 Å². The molecule has 2 fully saturated rings. The highest BCUT2D eigenvalue weighted by Gasteiger charge is 2.49. The molecule has 1 spiro atoms. The summed E-state index contributed by atoms with van der Waals surface area (Å²) in [5, 5.41) is 7.63. The van der Waals surface area contributed by atoms with E-state index in [1.807, 2.05) is 63.4 Å². The first-order valence-corrected chi connectivity index (χ1v) is 16.1. The largest absolute Gasteiger partial charge is 0.361 e. The molecule has 4 atom stereocenters. The van der Waals surface area contributed by atoms with Crippen molar-refractivity contribution in [1.29, 1.82) is 0 Å². The molecule has 1 aliphatic carbocycles. The molecular formula is C35H46N6O3. The number of para-hydroxylation sites is 1. The lowest BCUT2D eigenvalue weighted by Crippen LogP contribution is -2.58. The highest BCUT2D eigenvalue weighted by Crippen LogP contribution is 2.52. The third kappa shape index (κ3) is 5.47. The van der Waals surface area contributed by atoms with Gasteiger partial charge in [0.2, 0.25) is 11.8 Å². The molecule has 1 aromatic heterocycles. The van der Waals surface area contributed by atoms with Gasteiger partial charge in [0.05, 0.1) is 5.92 Å². The molecule has 6 rings (SSSR count). The van der Waals surface area contributed by atoms with Crippen LogP contribution in [0.25, 0.3) is 10.9 Å². The third-order valence-corrected chi connectivity index (χ3v) is 10.6. The lowest BCUT2D eigenvalue weighted by molar-refractivity contribution is -0.136. The van der Waals surface area contributed by atoms with Crippen LogP contribution < -0.4 is 10.6 Å². The number of aromatic nitrogens is 1. The minimum Gasteiger partial charge on any atom is -0.361 e. The van der Waals surface area contributed by atoms with Gasteiger partial charge in [-0.2, -0.15) is 0 Å². The third-order valence-electron chi connectivity index (χ3n) is 10.6. The number of piperidine rings is 2. The minimum atomic E-state index is -0.714. The second-order valence-electron chi connectivity index (χ2n) is 13.3. The van der Waals surface area contributed by atoms with Gasteiger partial charge in [0.25, 0.3) is 0 Å². The highest BCUT2D eigenvalue weighted by atomic mass is 16.2. The summed E-state index contributed by atoms with van der Waals surface area (Å²) in [5.41, 5.74) is 4.29. The van der Waals surface area contributed by atoms with E-state index in [1.54, 1.807) is 9.80 Å². The molecule has 3 aromatic rings. The van der Waals surface area contributed by atoms with Gasteiger partial charge in [-0.15, -0.1) is 0 Å². The Labute approximate surface area is 260 Å². The summed E-state index contributed by atoms with van der Waals surface area (Å²) in [4.78, 5) is 50.0. The first-order chi connectivity index (χ1) is 21.2. The van der Waals surface area contributed by atoms with E-state index < -0.39 is 6.04 Å². The van der Waals surface area contributed by atoms with Crippen molar-refractivity contribution in [2.75, 3.05) is 47.3 Å². The zero-order chi connectivity index (χ0) is 31.0. The van der Waals surface area contributed by atoms with E-state index in [4.69, 9.17) is 0 Å². The average molecular weight is 599 g/mol. The van der Waals surface area contributed by atoms with E-state index in [9.17, 15) is 14.4 Å². The molecule has 0 bridgehead atoms. The fourth-order valence-corrected chi connectivity index (χ4v) is 7.87. The minimum absolute atomic E-state index is 0.0478. The molecule has 234 valence electrons. The van der Waals surface area contributed by atoms with Crippen LogP contribution in [-0.2, 0) is 15.0 Å². The maximum atomic E-state index is 14.4. The Morgan fingerprint density at radius 1 is 1.02 bits per heavy atom. The van der Waals surface area contributed by atoms with Gasteiger partial charge in [0, 0.05) is 75.3 Å². The van der Waals surface area contributed by atoms with Crippen molar-refractivity contribution in [3.8, 4) is 0 Å². The average Bonchev–Trinajstić information content (AvgIpc) is 3.63. The highest BCUT2D eigenvalue weighted by molar-refractivity contribution is 5.90. The molecule has 2 aromatic carbocycles. The van der Waals surface area contributed by atoms with E-state index in [0.29, 0.717) is 13.1 Å². The molecule has 4 unspecified atom stereocenters. The number of nitrogens with zero attached hydrogens (tertiary/aromatic N) is 3. The first kappa shape index (κ1) is 30.2. The van der Waals surface area contributed by atoms with E-state index in [1.165, 1.54) is 5.56 Å². The van der Waals surface area contributed by atoms with Crippen molar-refractivity contribution in [1.82, 2.24) is 30.3 Å². The predicted molar refractivity (Wildman–Crippen MR) is 173 cm³/mol. The fraction of sp³-hybridized carbons (Fsp3) is 0.514. The zero-order valence-corrected chi connectivity index (χ0v) is 26.4. The number of aromatic amines is 1. The van der Waals surface area contributed by atoms with Gasteiger partial charge in [-0.05, 0) is 61.4 Å². The number of benzene rings is 2. The number of likely N-dealkylation sites (N-methyl/N-ethyl adjacent to an activating group) is 2. The van der Waals surface area contributed by atoms with Gasteiger partial charge in [0.15, 0.2) is 0 Å². The van der Waals surface area contributed by atoms with Crippen LogP contribution in [0, 0.1) is 0 Å². The van der Waals surface area contributed by atoms with Crippen molar-refractivity contribution in [2.45, 2.75) is 68.4 Å². The summed E-state index contributed by atoms with van der Waals surface area (Å²) in [6.07, 6.45) is 6.30. The molecule has 0 radical (unpaired) electrons. The standard InChI is InChI=1S/C35H46N6O3/c1-23(28-22-37-30-14-8-6-12-26(28)30)31(38-34(44)40(4)24-10-9-17-36-21-24)33(43)41-18-15-35(16-19-41)20-27(32(42)39(2)3)25-11-5-7-13-29(25)35/h5-8,11-14,22-24,27,31,36-37H,9-10,15-21H2,1-4H3,(H,38,44). The summed E-state index contributed by atoms with van der Waals surface area (Å²) in [5.74, 6) is -0.304. The normalized spacial score (nSPS) is 22.3. The Kier molecular flexibility index (Phi) is 8.42. The predicted octanol–water partition coefficient (Wildman–Crippen LogP) is 4.17. The molecule has 2 saturated heterocycles. The van der Waals surface area contributed by atoms with Crippen molar-refractivity contribution >= 4 is 28.7 Å². The number of fused-ring (bicyclic) bond motifs is 3. The van der Waals surface area contributed by atoms with Gasteiger partial charge in [0.1, 0.15) is 6.04 Å². The van der Waals surface area contributed by atoms with E-state index in [2.05, 4.69) is 39.9 Å². The molecule has 0 saturated carbocycles. The summed E-state index contributed by atoms with van der Waals surface area (Å²) >= 11 is 0. The van der Waals surface area contributed by atoms with E-state index in [0.717, 1.165) is 67.2 Å². The van der Waals surface area contributed by atoms with Gasteiger partial charge < -0.3 is 30.3 Å². The monoisotopic (exact) mass is 598 g/mol. The summed E-state index contributed by atoms with van der Waals surface area (Å²) in [6, 6.07) is 15.6. The number of hydrogen-bond donors (Lipinski definition) is 3. The molecular weight excluding hydrogens is 552 g/mol. The van der Waals surface area contributed by atoms with Gasteiger partial charge >= 0.3 is 6.03 Å². The number of H-pyrrole nitrogens is 1. The Bertz CT molecular complexity index is 1520. The van der Waals surface area contributed by atoms with Gasteiger partial charge in [-0.25, -0.2) is 4.79 Å². The molecule has 3 heterocycles. The fourth-order valence-electron chi connectivity index (χ4n) is 7.87. The van der Waals surface area contributed by atoms with Gasteiger partial charge in [-0.3, -0.25) is 9.59 Å². The molecule has 9 heteroatoms. The van der Waals surface area contributed by atoms with Crippen LogP contribution in [-0.4, -0.2) is 96.9 Å². The number of likely N-dealkylation sites (tertiary alicyclic amines) is 1. The second-order valence-corrected chi connectivity index (χ2v) is 13.3. The topological polar surface area (TPSA) is 101 Å². The number of carbonyl (C=O) groups excluding carboxylic acids is 3. The number of rotatable bonds is 6. The Morgan fingerprint density at radius 2 is 1.75 bits per heavy atom. The number of nitrogens with one attached hydrogen (secondary N) is 3. The Hall–Kier alpha value is -3.85. The molecule has 3 aliphatic rings. The summed E-state index contributed by atoms with van der Waals surface area (Å²) in [6.45, 7) is 4.94. The summed E-state index contributed by atoms with van der Waals surface area (Å²) < 4.78 is 0. The van der Waals surface area contributed by atoms with Crippen LogP contribution in [0.5, 0.6) is 0 Å². The molecule has 4 amide bonds. The lowest BCUT2D eigenvalue weighted by atomic mass is 9.73. The van der Waals surface area contributed by atoms with Crippen molar-refractivity contribution in [3.05, 3.63) is 71.4 Å². The van der Waals surface area contributed by atoms with Crippen molar-refractivity contribution < 1.29 is 14.4 Å². The quantitative estimate of drug-likeness (QED) is 0.397. The number of carbonyl (C=O) groups is 3. The van der Waals surface area contributed by atoms with Crippen LogP contribution in [0.1, 0.15) is 67.6 Å². The lowest BCUT2D eigenvalue weighted by Gasteiger charge is -2.42. The second kappa shape index (κ2) is 12.3. The number of urea groups is 1. The van der Waals surface area contributed by atoms with Crippen LogP contribution in [0.4, 0.5) is 4.79 Å². The maximum absolute atomic E-state index is 14.4. The Morgan fingerprint density at radius 3 is 2.48 bits per heavy atom. The summed E-state index contributed by atoms with van der Waals surface area (Å²) in [7, 11) is 5.48. The van der Waals surface area contributed by atoms with Crippen molar-refractivity contribution in [3.63, 3.8) is 0 Å². The van der Waals surface area contributed by atoms with Crippen LogP contribution in [0.2, 0.25) is 0 Å². The van der Waals surface area contributed by atoms with E-state index in [-0.39, 0.29) is 41.1 Å². The van der Waals surface area contributed by atoms with E-state index >= 15 is 0 Å². The van der Waals surface area contributed by atoms with Crippen molar-refractivity contribution in [2.24, 2.45) is 0 Å². The number of hydrogen-bond acceptors (Lipinski definition) is 4. The molecule has 44 heavy (non-hydrogen) atoms. The smallest absolute Gasteiger partial charge is 0.318 e. The SMILES string of the molecule is CC(c1c[nH]c2ccccc12)C(NC(=O)N(C)C1CCCNC1)C(=O)N1CCC2(CC1)CC(C(=O)N(C)C)c1ccccc12. The van der Waals surface area contributed by atoms with Crippen LogP contribution >= 0.6 is 0 Å². The zero-order valence-electron chi connectivity index (χ0n) is 26.4. The maximum Gasteiger partial charge on any atom is 0.318 e. The van der Waals surface area contributed by atoms with Crippen LogP contribution in [0.15, 0.2) is 54.7 Å². The molecule has 2 aliphatic heterocycles. The first-order valence-electron chi connectivity index (χ1n) is 16.1. The van der Waals surface area contributed by atoms with Gasteiger partial charge in [-0.1, -0.05) is 49.4 Å². The molecule has 9 nitrogen and oxygen atoms in total. The molecule has 3 N–H and O–H groups in total. The number of amides is 4. The Balaban J connectivity index is 1.23.